The molecule has 0 fully saturated rings. The molecular formula is C15H24FN3O2. The highest BCUT2D eigenvalue weighted by molar-refractivity contribution is 5.91. The molecule has 1 aromatic rings. The number of nitrogens with zero attached hydrogens (tertiary/aromatic N) is 1. The van der Waals surface area contributed by atoms with Crippen molar-refractivity contribution in [2.24, 2.45) is 0 Å². The smallest absolute Gasteiger partial charge is 0.224 e. The predicted molar refractivity (Wildman–Crippen MR) is 82.5 cm³/mol. The maximum atomic E-state index is 13.5. The Labute approximate surface area is 124 Å². The van der Waals surface area contributed by atoms with E-state index >= 15 is 0 Å². The van der Waals surface area contributed by atoms with Crippen molar-refractivity contribution < 1.29 is 14.3 Å². The number of nitrogens with one attached hydrogen (secondary N) is 1. The molecule has 0 aliphatic rings. The summed E-state index contributed by atoms with van der Waals surface area (Å²) in [6.45, 7) is 5.47. The summed E-state index contributed by atoms with van der Waals surface area (Å²) in [6, 6.07) is 4.39. The molecule has 0 aliphatic heterocycles. The number of nitrogen functional groups attached to an aromatic ring is 1. The fraction of sp³-hybridized carbons (Fsp3) is 0.533. The molecule has 0 atom stereocenters. The molecule has 6 heteroatoms. The highest BCUT2D eigenvalue weighted by Crippen LogP contribution is 2.17. The molecule has 4 N–H and O–H groups in total. The quantitative estimate of drug-likeness (QED) is 0.640. The predicted octanol–water partition coefficient (Wildman–Crippen LogP) is 1.83. The van der Waals surface area contributed by atoms with Gasteiger partial charge >= 0.3 is 0 Å². The first-order valence-electron chi connectivity index (χ1n) is 7.13. The first-order chi connectivity index (χ1) is 9.93. The zero-order valence-corrected chi connectivity index (χ0v) is 12.6. The van der Waals surface area contributed by atoms with Crippen LogP contribution in [0.4, 0.5) is 15.8 Å². The van der Waals surface area contributed by atoms with E-state index in [-0.39, 0.29) is 18.2 Å². The van der Waals surface area contributed by atoms with Crippen molar-refractivity contribution in [1.29, 1.82) is 0 Å². The van der Waals surface area contributed by atoms with Crippen LogP contribution < -0.4 is 11.1 Å². The van der Waals surface area contributed by atoms with Gasteiger partial charge in [0.2, 0.25) is 5.91 Å². The maximum Gasteiger partial charge on any atom is 0.224 e. The number of amides is 1. The van der Waals surface area contributed by atoms with Crippen LogP contribution in [-0.2, 0) is 4.79 Å². The molecule has 21 heavy (non-hydrogen) atoms. The largest absolute Gasteiger partial charge is 0.399 e. The van der Waals surface area contributed by atoms with Crippen LogP contribution in [0.5, 0.6) is 0 Å². The van der Waals surface area contributed by atoms with Gasteiger partial charge in [-0.2, -0.15) is 0 Å². The first kappa shape index (κ1) is 17.4. The van der Waals surface area contributed by atoms with Crippen molar-refractivity contribution >= 4 is 17.3 Å². The first-order valence-corrected chi connectivity index (χ1v) is 7.13. The Bertz CT molecular complexity index is 466. The molecule has 0 spiro atoms. The third kappa shape index (κ3) is 6.10. The average Bonchev–Trinajstić information content (AvgIpc) is 2.41. The lowest BCUT2D eigenvalue weighted by Gasteiger charge is -2.25. The molecule has 1 aromatic carbocycles. The van der Waals surface area contributed by atoms with Gasteiger partial charge in [-0.3, -0.25) is 9.69 Å². The van der Waals surface area contributed by atoms with Gasteiger partial charge in [0.25, 0.3) is 0 Å². The van der Waals surface area contributed by atoms with Crippen molar-refractivity contribution in [3.05, 3.63) is 24.0 Å². The van der Waals surface area contributed by atoms with Crippen LogP contribution >= 0.6 is 0 Å². The molecule has 1 rings (SSSR count). The third-order valence-electron chi connectivity index (χ3n) is 3.23. The number of hydrogen-bond acceptors (Lipinski definition) is 4. The molecule has 0 unspecified atom stereocenters. The van der Waals surface area contributed by atoms with Crippen LogP contribution in [-0.4, -0.2) is 41.7 Å². The Morgan fingerprint density at radius 2 is 2.14 bits per heavy atom. The van der Waals surface area contributed by atoms with E-state index in [0.29, 0.717) is 37.7 Å². The van der Waals surface area contributed by atoms with Crippen LogP contribution in [0.1, 0.15) is 26.7 Å². The second-order valence-electron chi connectivity index (χ2n) is 5.24. The van der Waals surface area contributed by atoms with E-state index in [0.717, 1.165) is 0 Å². The minimum atomic E-state index is -0.498. The molecule has 118 valence electrons. The molecule has 5 nitrogen and oxygen atoms in total. The zero-order valence-electron chi connectivity index (χ0n) is 12.6. The Morgan fingerprint density at radius 3 is 2.76 bits per heavy atom. The number of anilines is 2. The molecule has 0 bridgehead atoms. The number of nitrogens with two attached hydrogens (primary N) is 1. The monoisotopic (exact) mass is 297 g/mol. The van der Waals surface area contributed by atoms with Crippen LogP contribution in [0.25, 0.3) is 0 Å². The van der Waals surface area contributed by atoms with Gasteiger partial charge < -0.3 is 16.2 Å². The molecule has 0 radical (unpaired) electrons. The third-order valence-corrected chi connectivity index (χ3v) is 3.23. The van der Waals surface area contributed by atoms with Crippen LogP contribution in [0.3, 0.4) is 0 Å². The van der Waals surface area contributed by atoms with Gasteiger partial charge in [0.05, 0.1) is 12.3 Å². The number of aliphatic hydroxyl groups excluding tert-OH is 1. The van der Waals surface area contributed by atoms with Crippen LogP contribution in [0, 0.1) is 5.82 Å². The summed E-state index contributed by atoms with van der Waals surface area (Å²) in [5.41, 5.74) is 6.07. The number of rotatable bonds is 8. The summed E-state index contributed by atoms with van der Waals surface area (Å²) < 4.78 is 13.5. The van der Waals surface area contributed by atoms with Crippen molar-refractivity contribution in [2.45, 2.75) is 32.7 Å². The lowest BCUT2D eigenvalue weighted by Crippen LogP contribution is -2.34. The molecular weight excluding hydrogens is 273 g/mol. The highest BCUT2D eigenvalue weighted by Gasteiger charge is 2.11. The van der Waals surface area contributed by atoms with Crippen molar-refractivity contribution in [3.63, 3.8) is 0 Å². The number of hydrogen-bond donors (Lipinski definition) is 3. The van der Waals surface area contributed by atoms with Gasteiger partial charge in [-0.1, -0.05) is 0 Å². The lowest BCUT2D eigenvalue weighted by atomic mass is 10.2. The molecule has 1 amide bonds. The minimum Gasteiger partial charge on any atom is -0.399 e. The standard InChI is InChI=1S/C15H24FN3O2/c1-11(2)19(8-9-20)7-3-4-15(21)18-14-10-12(17)5-6-13(14)16/h5-6,10-11,20H,3-4,7-9,17H2,1-2H3,(H,18,21). The van der Waals surface area contributed by atoms with E-state index in [1.54, 1.807) is 0 Å². The van der Waals surface area contributed by atoms with Crippen molar-refractivity contribution in [2.75, 3.05) is 30.7 Å². The number of aliphatic hydroxyl groups is 1. The summed E-state index contributed by atoms with van der Waals surface area (Å²) in [7, 11) is 0. The Hall–Kier alpha value is -1.66. The molecule has 0 aliphatic carbocycles. The second kappa shape index (κ2) is 8.59. The number of halogens is 1. The fourth-order valence-corrected chi connectivity index (χ4v) is 2.05. The number of carbonyl (C=O) groups is 1. The Balaban J connectivity index is 2.42. The van der Waals surface area contributed by atoms with Gasteiger partial charge in [0.15, 0.2) is 0 Å². The van der Waals surface area contributed by atoms with Gasteiger partial charge in [-0.05, 0) is 45.0 Å². The summed E-state index contributed by atoms with van der Waals surface area (Å²) in [4.78, 5) is 13.9. The minimum absolute atomic E-state index is 0.0961. The SMILES string of the molecule is CC(C)N(CCO)CCCC(=O)Nc1cc(N)ccc1F. The average molecular weight is 297 g/mol. The van der Waals surface area contributed by atoms with Gasteiger partial charge in [-0.25, -0.2) is 4.39 Å². The highest BCUT2D eigenvalue weighted by atomic mass is 19.1. The maximum absolute atomic E-state index is 13.5. The Kier molecular flexibility index (Phi) is 7.11. The van der Waals surface area contributed by atoms with Crippen molar-refractivity contribution in [1.82, 2.24) is 4.90 Å². The van der Waals surface area contributed by atoms with Gasteiger partial charge in [0, 0.05) is 24.7 Å². The lowest BCUT2D eigenvalue weighted by molar-refractivity contribution is -0.116. The van der Waals surface area contributed by atoms with Crippen LogP contribution in [0.15, 0.2) is 18.2 Å². The summed E-state index contributed by atoms with van der Waals surface area (Å²) >= 11 is 0. The Morgan fingerprint density at radius 1 is 1.43 bits per heavy atom. The van der Waals surface area contributed by atoms with E-state index in [1.165, 1.54) is 18.2 Å². The summed E-state index contributed by atoms with van der Waals surface area (Å²) in [5, 5.41) is 11.5. The van der Waals surface area contributed by atoms with E-state index < -0.39 is 5.82 Å². The summed E-state index contributed by atoms with van der Waals surface area (Å²) in [6.07, 6.45) is 0.941. The van der Waals surface area contributed by atoms with Gasteiger partial charge in [0.1, 0.15) is 5.82 Å². The fourth-order valence-electron chi connectivity index (χ4n) is 2.05. The molecule has 0 saturated carbocycles. The van der Waals surface area contributed by atoms with E-state index in [4.69, 9.17) is 10.8 Å². The topological polar surface area (TPSA) is 78.6 Å². The van der Waals surface area contributed by atoms with Gasteiger partial charge in [-0.15, -0.1) is 0 Å². The van der Waals surface area contributed by atoms with Crippen molar-refractivity contribution in [3.8, 4) is 0 Å². The molecule has 0 heterocycles. The second-order valence-corrected chi connectivity index (χ2v) is 5.24. The zero-order chi connectivity index (χ0) is 15.8. The number of carbonyl (C=O) groups excluding carboxylic acids is 1. The summed E-state index contributed by atoms with van der Waals surface area (Å²) in [5.74, 6) is -0.742. The molecule has 0 aromatic heterocycles. The van der Waals surface area contributed by atoms with E-state index in [9.17, 15) is 9.18 Å². The number of benzene rings is 1. The van der Waals surface area contributed by atoms with E-state index in [2.05, 4.69) is 10.2 Å². The van der Waals surface area contributed by atoms with E-state index in [1.807, 2.05) is 13.8 Å². The normalized spacial score (nSPS) is 11.1. The van der Waals surface area contributed by atoms with Crippen LogP contribution in [0.2, 0.25) is 0 Å². The molecule has 0 saturated heterocycles.